The van der Waals surface area contributed by atoms with Gasteiger partial charge in [0.05, 0.1) is 5.41 Å². The molecule has 2 saturated heterocycles. The molecule has 1 spiro atoms. The van der Waals surface area contributed by atoms with E-state index in [4.69, 9.17) is 0 Å². The smallest absolute Gasteiger partial charge is 0.340 e. The van der Waals surface area contributed by atoms with Crippen molar-refractivity contribution in [3.05, 3.63) is 0 Å². The topological polar surface area (TPSA) is 102 Å². The summed E-state index contributed by atoms with van der Waals surface area (Å²) in [6, 6.07) is -0.526. The molecule has 2 heterocycles. The van der Waals surface area contributed by atoms with Gasteiger partial charge in [-0.3, -0.25) is 24.7 Å². The minimum Gasteiger partial charge on any atom is -0.340 e. The minimum atomic E-state index is -0.831. The van der Waals surface area contributed by atoms with Gasteiger partial charge in [-0.05, 0) is 69.1 Å². The van der Waals surface area contributed by atoms with Gasteiger partial charge < -0.3 is 10.2 Å². The number of hydrogen-bond donors (Lipinski definition) is 2. The van der Waals surface area contributed by atoms with Crippen LogP contribution in [0.1, 0.15) is 77.0 Å². The number of rotatable bonds is 5. The molecular formula is C26H39N5O4. The number of hydrazine groups is 1. The zero-order chi connectivity index (χ0) is 24.2. The molecule has 5 amide bonds. The summed E-state index contributed by atoms with van der Waals surface area (Å²) < 4.78 is 0. The molecule has 9 nitrogen and oxygen atoms in total. The third-order valence-corrected chi connectivity index (χ3v) is 9.91. The number of amides is 5. The maximum atomic E-state index is 13.6. The Morgan fingerprint density at radius 3 is 2.09 bits per heavy atom. The van der Waals surface area contributed by atoms with Gasteiger partial charge in [0.2, 0.25) is 11.8 Å². The van der Waals surface area contributed by atoms with Gasteiger partial charge >= 0.3 is 6.03 Å². The van der Waals surface area contributed by atoms with Crippen molar-refractivity contribution in [1.29, 1.82) is 0 Å². The molecule has 0 radical (unpaired) electrons. The second-order valence-electron chi connectivity index (χ2n) is 12.3. The summed E-state index contributed by atoms with van der Waals surface area (Å²) in [5.74, 6) is 2.04. The van der Waals surface area contributed by atoms with E-state index in [1.165, 1.54) is 19.3 Å². The Morgan fingerprint density at radius 1 is 0.886 bits per heavy atom. The van der Waals surface area contributed by atoms with E-state index in [1.54, 1.807) is 0 Å². The summed E-state index contributed by atoms with van der Waals surface area (Å²) in [6.07, 6.45) is 11.7. The van der Waals surface area contributed by atoms with Crippen LogP contribution >= 0.6 is 0 Å². The molecule has 0 unspecified atom stereocenters. The molecule has 0 aromatic rings. The van der Waals surface area contributed by atoms with Crippen molar-refractivity contribution in [2.45, 2.75) is 82.6 Å². The van der Waals surface area contributed by atoms with Gasteiger partial charge in [0, 0.05) is 39.1 Å². The predicted octanol–water partition coefficient (Wildman–Crippen LogP) is 2.02. The fourth-order valence-electron chi connectivity index (χ4n) is 8.54. The van der Waals surface area contributed by atoms with Crippen molar-refractivity contribution >= 4 is 23.8 Å². The molecule has 0 aromatic heterocycles. The van der Waals surface area contributed by atoms with Crippen LogP contribution in [-0.2, 0) is 14.4 Å². The second-order valence-corrected chi connectivity index (χ2v) is 12.3. The molecule has 192 valence electrons. The van der Waals surface area contributed by atoms with Crippen molar-refractivity contribution in [3.63, 3.8) is 0 Å². The van der Waals surface area contributed by atoms with E-state index >= 15 is 0 Å². The molecule has 9 heteroatoms. The van der Waals surface area contributed by atoms with Crippen LogP contribution in [0, 0.1) is 23.2 Å². The van der Waals surface area contributed by atoms with E-state index in [9.17, 15) is 19.2 Å². The first-order chi connectivity index (χ1) is 16.9. The molecule has 0 atom stereocenters. The summed E-state index contributed by atoms with van der Waals surface area (Å²) in [5.41, 5.74) is 1.61. The van der Waals surface area contributed by atoms with Crippen LogP contribution in [0.3, 0.4) is 0 Å². The summed E-state index contributed by atoms with van der Waals surface area (Å²) in [7, 11) is 0. The lowest BCUT2D eigenvalue weighted by Crippen LogP contribution is -2.58. The Morgan fingerprint density at radius 2 is 1.49 bits per heavy atom. The molecule has 35 heavy (non-hydrogen) atoms. The molecule has 7 aliphatic rings. The van der Waals surface area contributed by atoms with Crippen LogP contribution in [0.4, 0.5) is 4.79 Å². The van der Waals surface area contributed by atoms with Gasteiger partial charge in [0.1, 0.15) is 5.54 Å². The van der Waals surface area contributed by atoms with E-state index < -0.39 is 11.6 Å². The fraction of sp³-hybridized carbons (Fsp3) is 0.846. The van der Waals surface area contributed by atoms with Gasteiger partial charge in [-0.25, -0.2) is 4.79 Å². The number of piperazine rings is 1. The van der Waals surface area contributed by atoms with Crippen molar-refractivity contribution < 1.29 is 19.2 Å². The molecule has 7 rings (SSSR count). The molecule has 2 aliphatic heterocycles. The number of carbonyl (C=O) groups is 4. The lowest BCUT2D eigenvalue weighted by Gasteiger charge is -2.57. The zero-order valence-corrected chi connectivity index (χ0v) is 20.7. The van der Waals surface area contributed by atoms with E-state index in [-0.39, 0.29) is 23.7 Å². The highest BCUT2D eigenvalue weighted by molar-refractivity contribution is 6.08. The largest absolute Gasteiger partial charge is 0.344 e. The van der Waals surface area contributed by atoms with Gasteiger partial charge in [0.25, 0.3) is 5.91 Å². The minimum absolute atomic E-state index is 0.0880. The van der Waals surface area contributed by atoms with E-state index in [1.807, 2.05) is 0 Å². The standard InChI is InChI=1S/C26H39N5O4/c32-21(28-31-23(34)26(27-24(31)35)5-2-1-3-6-26)4-7-29-8-10-30(11-9-29)22(33)25-15-18-12-19(16-25)14-20(13-18)17-25/h18-20H,1-17H2,(H,27,35)(H,28,32). The first-order valence-electron chi connectivity index (χ1n) is 13.8. The summed E-state index contributed by atoms with van der Waals surface area (Å²) in [4.78, 5) is 55.6. The third-order valence-electron chi connectivity index (χ3n) is 9.91. The van der Waals surface area contributed by atoms with E-state index in [0.29, 0.717) is 25.3 Å². The second kappa shape index (κ2) is 8.75. The van der Waals surface area contributed by atoms with Gasteiger partial charge in [-0.15, -0.1) is 0 Å². The van der Waals surface area contributed by atoms with E-state index in [0.717, 1.165) is 87.5 Å². The molecule has 4 bridgehead atoms. The third kappa shape index (κ3) is 4.13. The Labute approximate surface area is 207 Å². The maximum absolute atomic E-state index is 13.6. The van der Waals surface area contributed by atoms with Gasteiger partial charge in [0.15, 0.2) is 0 Å². The SMILES string of the molecule is O=C(CCN1CCN(C(=O)C23CC4CC(CC(C4)C2)C3)CC1)NN1C(=O)NC2(CCCCC2)C1=O. The lowest BCUT2D eigenvalue weighted by atomic mass is 9.49. The zero-order valence-electron chi connectivity index (χ0n) is 20.7. The van der Waals surface area contributed by atoms with Crippen molar-refractivity contribution in [3.8, 4) is 0 Å². The van der Waals surface area contributed by atoms with Crippen LogP contribution < -0.4 is 10.7 Å². The first kappa shape index (κ1) is 23.3. The average molecular weight is 486 g/mol. The maximum Gasteiger partial charge on any atom is 0.344 e. The number of hydrogen-bond acceptors (Lipinski definition) is 5. The van der Waals surface area contributed by atoms with Crippen molar-refractivity contribution in [2.24, 2.45) is 23.2 Å². The normalized spacial score (nSPS) is 36.1. The number of imide groups is 1. The summed E-state index contributed by atoms with van der Waals surface area (Å²) >= 11 is 0. The van der Waals surface area contributed by atoms with Crippen LogP contribution in [0.5, 0.6) is 0 Å². The van der Waals surface area contributed by atoms with Crippen molar-refractivity contribution in [2.75, 3.05) is 32.7 Å². The highest BCUT2D eigenvalue weighted by Gasteiger charge is 2.56. The van der Waals surface area contributed by atoms with Crippen LogP contribution in [0.15, 0.2) is 0 Å². The molecule has 5 aliphatic carbocycles. The Balaban J connectivity index is 0.965. The van der Waals surface area contributed by atoms with Gasteiger partial charge in [-0.2, -0.15) is 5.01 Å². The number of nitrogens with one attached hydrogen (secondary N) is 2. The monoisotopic (exact) mass is 485 g/mol. The summed E-state index contributed by atoms with van der Waals surface area (Å²) in [6.45, 7) is 3.52. The highest BCUT2D eigenvalue weighted by atomic mass is 16.2. The Bertz CT molecular complexity index is 870. The molecule has 5 saturated carbocycles. The Kier molecular flexibility index (Phi) is 5.81. The van der Waals surface area contributed by atoms with Crippen LogP contribution in [0.25, 0.3) is 0 Å². The van der Waals surface area contributed by atoms with E-state index in [2.05, 4.69) is 20.5 Å². The Hall–Kier alpha value is -2.16. The molecule has 0 aromatic carbocycles. The lowest BCUT2D eigenvalue weighted by molar-refractivity contribution is -0.159. The van der Waals surface area contributed by atoms with Gasteiger partial charge in [-0.1, -0.05) is 19.3 Å². The number of nitrogens with zero attached hydrogens (tertiary/aromatic N) is 3. The van der Waals surface area contributed by atoms with Crippen molar-refractivity contribution in [1.82, 2.24) is 25.6 Å². The number of urea groups is 1. The molecule has 7 fully saturated rings. The quantitative estimate of drug-likeness (QED) is 0.580. The average Bonchev–Trinajstić information content (AvgIpc) is 3.06. The van der Waals surface area contributed by atoms with Crippen LogP contribution in [-0.4, -0.2) is 76.8 Å². The fourth-order valence-corrected chi connectivity index (χ4v) is 8.54. The molecular weight excluding hydrogens is 446 g/mol. The molecule has 2 N–H and O–H groups in total. The predicted molar refractivity (Wildman–Crippen MR) is 128 cm³/mol. The summed E-state index contributed by atoms with van der Waals surface area (Å²) in [5, 5.41) is 3.70. The van der Waals surface area contributed by atoms with Crippen LogP contribution in [0.2, 0.25) is 0 Å². The highest BCUT2D eigenvalue weighted by Crippen LogP contribution is 2.60. The first-order valence-corrected chi connectivity index (χ1v) is 13.8. The number of carbonyl (C=O) groups excluding carboxylic acids is 4.